The van der Waals surface area contributed by atoms with E-state index in [0.29, 0.717) is 24.1 Å². The summed E-state index contributed by atoms with van der Waals surface area (Å²) in [6, 6.07) is 5.66. The number of aromatic nitrogens is 2. The molecule has 1 heterocycles. The smallest absolute Gasteiger partial charge is 0.250 e. The molecule has 0 aliphatic heterocycles. The predicted octanol–water partition coefficient (Wildman–Crippen LogP) is 5.11. The second-order valence-corrected chi connectivity index (χ2v) is 7.33. The summed E-state index contributed by atoms with van der Waals surface area (Å²) in [4.78, 5) is 12.1. The van der Waals surface area contributed by atoms with Crippen molar-refractivity contribution in [2.24, 2.45) is 0 Å². The van der Waals surface area contributed by atoms with Crippen molar-refractivity contribution in [1.82, 2.24) is 10.2 Å². The van der Waals surface area contributed by atoms with E-state index >= 15 is 0 Å². The Morgan fingerprint density at radius 2 is 1.93 bits per heavy atom. The summed E-state index contributed by atoms with van der Waals surface area (Å²) in [6.45, 7) is 7.41. The molecule has 0 saturated heterocycles. The van der Waals surface area contributed by atoms with E-state index in [1.54, 1.807) is 6.08 Å². The van der Waals surface area contributed by atoms with Crippen molar-refractivity contribution in [2.75, 3.05) is 18.5 Å². The van der Waals surface area contributed by atoms with Crippen LogP contribution in [0.15, 0.2) is 24.3 Å². The van der Waals surface area contributed by atoms with Gasteiger partial charge in [0.05, 0.1) is 13.2 Å². The molecule has 0 fully saturated rings. The number of amides is 1. The topological polar surface area (TPSA) is 73.3 Å². The van der Waals surface area contributed by atoms with Crippen molar-refractivity contribution in [3.8, 4) is 11.5 Å². The number of unbranched alkanes of at least 4 members (excludes halogenated alkanes) is 2. The lowest BCUT2D eigenvalue weighted by atomic mass is 10.2. The van der Waals surface area contributed by atoms with Gasteiger partial charge in [-0.1, -0.05) is 44.1 Å². The first-order chi connectivity index (χ1) is 13.7. The Morgan fingerprint density at radius 3 is 2.68 bits per heavy atom. The second-order valence-electron chi connectivity index (χ2n) is 6.27. The highest BCUT2D eigenvalue weighted by molar-refractivity contribution is 7.15. The summed E-state index contributed by atoms with van der Waals surface area (Å²) in [7, 11) is 0. The fourth-order valence-corrected chi connectivity index (χ4v) is 3.18. The first-order valence-electron chi connectivity index (χ1n) is 9.87. The lowest BCUT2D eigenvalue weighted by molar-refractivity contribution is -0.111. The highest BCUT2D eigenvalue weighted by Gasteiger charge is 2.08. The van der Waals surface area contributed by atoms with Crippen LogP contribution in [0.3, 0.4) is 0 Å². The Hall–Kier alpha value is -2.41. The van der Waals surface area contributed by atoms with Gasteiger partial charge < -0.3 is 9.47 Å². The van der Waals surface area contributed by atoms with E-state index in [4.69, 9.17) is 9.47 Å². The molecule has 1 N–H and O–H groups in total. The molecule has 28 heavy (non-hydrogen) atoms. The molecule has 1 aromatic carbocycles. The van der Waals surface area contributed by atoms with Crippen LogP contribution in [-0.2, 0) is 11.2 Å². The van der Waals surface area contributed by atoms with Gasteiger partial charge in [0.25, 0.3) is 0 Å². The average molecular weight is 404 g/mol. The van der Waals surface area contributed by atoms with E-state index in [9.17, 15) is 4.79 Å². The number of nitrogens with zero attached hydrogens (tertiary/aromatic N) is 2. The Kier molecular flexibility index (Phi) is 9.48. The SMILES string of the molecule is CCCCOc1ccc(/C=C/C(=O)Nc2nnc(CCCC)s2)cc1OCC. The zero-order valence-corrected chi connectivity index (χ0v) is 17.7. The molecular weight excluding hydrogens is 374 g/mol. The first kappa shape index (κ1) is 21.9. The quantitative estimate of drug-likeness (QED) is 0.394. The number of nitrogens with one attached hydrogen (secondary N) is 1. The lowest BCUT2D eigenvalue weighted by Gasteiger charge is -2.12. The van der Waals surface area contributed by atoms with Gasteiger partial charge in [-0.05, 0) is 43.5 Å². The fraction of sp³-hybridized carbons (Fsp3) is 0.476. The van der Waals surface area contributed by atoms with Gasteiger partial charge in [0.2, 0.25) is 11.0 Å². The Bertz CT molecular complexity index is 774. The molecule has 2 rings (SSSR count). The van der Waals surface area contributed by atoms with Crippen molar-refractivity contribution in [3.63, 3.8) is 0 Å². The number of anilines is 1. The third-order valence-corrected chi connectivity index (χ3v) is 4.79. The number of benzene rings is 1. The third-order valence-electron chi connectivity index (χ3n) is 3.89. The molecule has 0 bridgehead atoms. The zero-order valence-electron chi connectivity index (χ0n) is 16.9. The lowest BCUT2D eigenvalue weighted by Crippen LogP contribution is -2.07. The van der Waals surface area contributed by atoms with Gasteiger partial charge in [0.15, 0.2) is 11.5 Å². The Labute approximate surface area is 171 Å². The van der Waals surface area contributed by atoms with Gasteiger partial charge in [-0.25, -0.2) is 0 Å². The molecule has 1 amide bonds. The molecule has 0 atom stereocenters. The van der Waals surface area contributed by atoms with Crippen LogP contribution in [0.2, 0.25) is 0 Å². The van der Waals surface area contributed by atoms with Crippen LogP contribution >= 0.6 is 11.3 Å². The first-order valence-corrected chi connectivity index (χ1v) is 10.7. The van der Waals surface area contributed by atoms with Crippen molar-refractivity contribution in [3.05, 3.63) is 34.8 Å². The van der Waals surface area contributed by atoms with E-state index in [0.717, 1.165) is 48.4 Å². The molecule has 0 saturated carbocycles. The summed E-state index contributed by atoms with van der Waals surface area (Å²) in [5, 5.41) is 12.3. The van der Waals surface area contributed by atoms with E-state index in [2.05, 4.69) is 29.4 Å². The molecule has 6 nitrogen and oxygen atoms in total. The molecule has 0 radical (unpaired) electrons. The standard InChI is InChI=1S/C21H29N3O3S/c1-4-7-9-20-23-24-21(28-20)22-19(25)13-11-16-10-12-17(27-14-8-5-2)18(15-16)26-6-3/h10-13,15H,4-9,14H2,1-3H3,(H,22,24,25)/b13-11+. The molecule has 152 valence electrons. The van der Waals surface area contributed by atoms with Gasteiger partial charge >= 0.3 is 0 Å². The number of ether oxygens (including phenoxy) is 2. The average Bonchev–Trinajstić information content (AvgIpc) is 3.13. The molecule has 2 aromatic rings. The fourth-order valence-electron chi connectivity index (χ4n) is 2.39. The van der Waals surface area contributed by atoms with Crippen LogP contribution in [0.5, 0.6) is 11.5 Å². The van der Waals surface area contributed by atoms with Crippen LogP contribution in [0, 0.1) is 0 Å². The maximum absolute atomic E-state index is 12.1. The number of rotatable bonds is 12. The molecule has 1 aromatic heterocycles. The number of carbonyl (C=O) groups is 1. The minimum atomic E-state index is -0.237. The molecule has 0 aliphatic carbocycles. The van der Waals surface area contributed by atoms with Gasteiger partial charge in [-0.3, -0.25) is 10.1 Å². The Morgan fingerprint density at radius 1 is 1.11 bits per heavy atom. The van der Waals surface area contributed by atoms with Crippen molar-refractivity contribution in [2.45, 2.75) is 52.9 Å². The largest absolute Gasteiger partial charge is 0.490 e. The van der Waals surface area contributed by atoms with E-state index < -0.39 is 0 Å². The van der Waals surface area contributed by atoms with Gasteiger partial charge in [0.1, 0.15) is 5.01 Å². The number of hydrogen-bond acceptors (Lipinski definition) is 6. The van der Waals surface area contributed by atoms with Crippen LogP contribution in [0.4, 0.5) is 5.13 Å². The summed E-state index contributed by atoms with van der Waals surface area (Å²) >= 11 is 1.42. The highest BCUT2D eigenvalue weighted by atomic mass is 32.1. The molecule has 0 spiro atoms. The zero-order chi connectivity index (χ0) is 20.2. The molecular formula is C21H29N3O3S. The summed E-state index contributed by atoms with van der Waals surface area (Å²) in [5.41, 5.74) is 0.863. The summed E-state index contributed by atoms with van der Waals surface area (Å²) < 4.78 is 11.4. The predicted molar refractivity (Wildman–Crippen MR) is 114 cm³/mol. The molecule has 7 heteroatoms. The molecule has 0 aliphatic rings. The van der Waals surface area contributed by atoms with Gasteiger partial charge in [-0.15, -0.1) is 10.2 Å². The Balaban J connectivity index is 1.96. The van der Waals surface area contributed by atoms with E-state index in [1.807, 2.05) is 25.1 Å². The van der Waals surface area contributed by atoms with Crippen LogP contribution < -0.4 is 14.8 Å². The van der Waals surface area contributed by atoms with E-state index in [-0.39, 0.29) is 5.91 Å². The number of hydrogen-bond donors (Lipinski definition) is 1. The summed E-state index contributed by atoms with van der Waals surface area (Å²) in [6.07, 6.45) is 8.38. The van der Waals surface area contributed by atoms with E-state index in [1.165, 1.54) is 17.4 Å². The highest BCUT2D eigenvalue weighted by Crippen LogP contribution is 2.29. The number of aryl methyl sites for hydroxylation is 1. The van der Waals surface area contributed by atoms with Crippen LogP contribution in [0.25, 0.3) is 6.08 Å². The maximum Gasteiger partial charge on any atom is 0.250 e. The molecule has 0 unspecified atom stereocenters. The monoisotopic (exact) mass is 403 g/mol. The van der Waals surface area contributed by atoms with Gasteiger partial charge in [-0.2, -0.15) is 0 Å². The normalized spacial score (nSPS) is 11.0. The van der Waals surface area contributed by atoms with Crippen LogP contribution in [0.1, 0.15) is 57.0 Å². The maximum atomic E-state index is 12.1. The van der Waals surface area contributed by atoms with Crippen molar-refractivity contribution >= 4 is 28.5 Å². The minimum absolute atomic E-state index is 0.237. The number of carbonyl (C=O) groups excluding carboxylic acids is 1. The van der Waals surface area contributed by atoms with Crippen LogP contribution in [-0.4, -0.2) is 29.3 Å². The summed E-state index contributed by atoms with van der Waals surface area (Å²) in [5.74, 6) is 1.18. The minimum Gasteiger partial charge on any atom is -0.490 e. The second kappa shape index (κ2) is 12.1. The van der Waals surface area contributed by atoms with Crippen molar-refractivity contribution < 1.29 is 14.3 Å². The van der Waals surface area contributed by atoms with Gasteiger partial charge in [0, 0.05) is 12.5 Å². The third kappa shape index (κ3) is 7.31. The van der Waals surface area contributed by atoms with Crippen molar-refractivity contribution in [1.29, 1.82) is 0 Å².